The molecule has 280 valence electrons. The molecule has 3 saturated heterocycles. The van der Waals surface area contributed by atoms with E-state index in [1.807, 2.05) is 13.8 Å². The van der Waals surface area contributed by atoms with Crippen LogP contribution < -0.4 is 20.1 Å². The number of anilines is 2. The van der Waals surface area contributed by atoms with Gasteiger partial charge >= 0.3 is 15.8 Å². The summed E-state index contributed by atoms with van der Waals surface area (Å²) in [6, 6.07) is 4.12. The van der Waals surface area contributed by atoms with Crippen LogP contribution in [0.2, 0.25) is 0 Å². The number of likely N-dealkylation sites (N-methyl/N-ethyl adjacent to an activating group) is 1. The molecule has 3 atom stereocenters. The minimum atomic E-state index is -4.22. The monoisotopic (exact) mass is 740 g/mol. The zero-order chi connectivity index (χ0) is 37.2. The number of hydrogen-bond donors (Lipinski definition) is 1. The fourth-order valence-corrected chi connectivity index (χ4v) is 9.49. The van der Waals surface area contributed by atoms with Gasteiger partial charge in [0, 0.05) is 70.6 Å². The molecule has 1 aromatic heterocycles. The van der Waals surface area contributed by atoms with E-state index in [2.05, 4.69) is 27.6 Å². The third-order valence-corrected chi connectivity index (χ3v) is 12.5. The molecule has 14 nitrogen and oxygen atoms in total. The van der Waals surface area contributed by atoms with E-state index in [0.29, 0.717) is 30.6 Å². The van der Waals surface area contributed by atoms with Gasteiger partial charge in [-0.1, -0.05) is 0 Å². The minimum absolute atomic E-state index is 0.0806. The van der Waals surface area contributed by atoms with Gasteiger partial charge in [0.05, 0.1) is 60.3 Å². The molecule has 4 aliphatic rings. The summed E-state index contributed by atoms with van der Waals surface area (Å²) in [4.78, 5) is 48.2. The molecule has 2 amide bonds. The van der Waals surface area contributed by atoms with Crippen molar-refractivity contribution in [3.05, 3.63) is 67.8 Å². The summed E-state index contributed by atoms with van der Waals surface area (Å²) >= 11 is 0. The molecule has 0 spiro atoms. The molecule has 7 rings (SSSR count). The summed E-state index contributed by atoms with van der Waals surface area (Å²) in [5, 5.41) is 0.853. The highest BCUT2D eigenvalue weighted by Crippen LogP contribution is 2.37. The number of amides is 2. The Kier molecular flexibility index (Phi) is 9.57. The van der Waals surface area contributed by atoms with Crippen LogP contribution in [0.15, 0.2) is 27.4 Å². The second-order valence-corrected chi connectivity index (χ2v) is 16.1. The van der Waals surface area contributed by atoms with Gasteiger partial charge in [0.15, 0.2) is 0 Å². The maximum atomic E-state index is 15.8. The van der Waals surface area contributed by atoms with Crippen LogP contribution in [0.5, 0.6) is 0 Å². The SMILES string of the molecule is COC[C@H]1CN(c2cc(C)c3c4c(c(=O)oc3c2C)CN(C(=O)c2cc(N(C)C)c(C(=O)NS(=O)(=O)N3C[C@@H]5C[C@H]3CO5)cc2F)CC4)CCN1C. The molecule has 3 aromatic rings. The lowest BCUT2D eigenvalue weighted by Crippen LogP contribution is -2.53. The molecule has 0 saturated carbocycles. The Bertz CT molecular complexity index is 2120. The Balaban J connectivity index is 1.14. The average molecular weight is 741 g/mol. The van der Waals surface area contributed by atoms with Gasteiger partial charge in [-0.15, -0.1) is 0 Å². The Hall–Kier alpha value is -4.09. The number of carbonyl (C=O) groups is 2. The second-order valence-electron chi connectivity index (χ2n) is 14.5. The summed E-state index contributed by atoms with van der Waals surface area (Å²) in [6.45, 7) is 7.55. The quantitative estimate of drug-likeness (QED) is 0.339. The largest absolute Gasteiger partial charge is 0.422 e. The maximum absolute atomic E-state index is 15.8. The van der Waals surface area contributed by atoms with Crippen LogP contribution in [0, 0.1) is 19.7 Å². The average Bonchev–Trinajstić information content (AvgIpc) is 3.75. The standard InChI is InChI=1S/C36H45FN6O8S/c1-20-11-30(41-10-9-40(5)23(15-41)18-49-6)21(2)33-32(20)25-7-8-42(17-28(25)36(46)51-33)35(45)26-14-31(39(3)4)27(13-29(26)37)34(44)38-52(47,48)43-16-24-12-22(43)19-50-24/h11,13-14,22-24H,7-10,12,15-19H2,1-6H3,(H,38,44)/t22-,23+,24-/m0/s1. The Morgan fingerprint density at radius 3 is 2.52 bits per heavy atom. The van der Waals surface area contributed by atoms with Crippen molar-refractivity contribution in [2.75, 3.05) is 84.0 Å². The van der Waals surface area contributed by atoms with Crippen LogP contribution in [-0.4, -0.2) is 127 Å². The van der Waals surface area contributed by atoms with Crippen LogP contribution in [0.4, 0.5) is 15.8 Å². The smallest absolute Gasteiger partial charge is 0.341 e. The first-order chi connectivity index (χ1) is 24.7. The van der Waals surface area contributed by atoms with Gasteiger partial charge in [-0.25, -0.2) is 13.9 Å². The van der Waals surface area contributed by atoms with Crippen LogP contribution in [0.25, 0.3) is 11.0 Å². The molecule has 2 aromatic carbocycles. The number of ether oxygens (including phenoxy) is 2. The van der Waals surface area contributed by atoms with Crippen molar-refractivity contribution in [3.63, 3.8) is 0 Å². The van der Waals surface area contributed by atoms with Crippen molar-refractivity contribution in [1.82, 2.24) is 18.8 Å². The molecule has 0 aliphatic carbocycles. The number of piperazine rings is 1. The number of rotatable bonds is 8. The molecule has 16 heteroatoms. The van der Waals surface area contributed by atoms with E-state index >= 15 is 4.39 Å². The van der Waals surface area contributed by atoms with E-state index in [4.69, 9.17) is 13.9 Å². The number of halogens is 1. The number of benzene rings is 2. The summed E-state index contributed by atoms with van der Waals surface area (Å²) < 4.78 is 62.1. The van der Waals surface area contributed by atoms with E-state index in [-0.39, 0.29) is 61.2 Å². The Labute approximate surface area is 302 Å². The van der Waals surface area contributed by atoms with Crippen LogP contribution >= 0.6 is 0 Å². The molecule has 4 aliphatic heterocycles. The van der Waals surface area contributed by atoms with E-state index in [1.165, 1.54) is 20.2 Å². The summed E-state index contributed by atoms with van der Waals surface area (Å²) in [5.74, 6) is -2.67. The second kappa shape index (κ2) is 13.7. The molecule has 5 heterocycles. The zero-order valence-electron chi connectivity index (χ0n) is 30.3. The first kappa shape index (κ1) is 36.3. The number of nitrogens with zero attached hydrogens (tertiary/aromatic N) is 5. The van der Waals surface area contributed by atoms with Gasteiger partial charge in [0.25, 0.3) is 11.8 Å². The van der Waals surface area contributed by atoms with Crippen LogP contribution in [0.1, 0.15) is 49.4 Å². The van der Waals surface area contributed by atoms with E-state index in [1.54, 1.807) is 21.2 Å². The summed E-state index contributed by atoms with van der Waals surface area (Å²) in [7, 11) is 2.78. The van der Waals surface area contributed by atoms with Gasteiger partial charge in [-0.05, 0) is 63.1 Å². The lowest BCUT2D eigenvalue weighted by molar-refractivity contribution is 0.0601. The number of carbonyl (C=O) groups excluding carboxylic acids is 2. The van der Waals surface area contributed by atoms with E-state index in [0.717, 1.165) is 53.5 Å². The highest BCUT2D eigenvalue weighted by Gasteiger charge is 2.45. The van der Waals surface area contributed by atoms with Crippen molar-refractivity contribution < 1.29 is 36.3 Å². The third-order valence-electron chi connectivity index (χ3n) is 11.0. The molecule has 2 bridgehead atoms. The number of morpholine rings is 1. The van der Waals surface area contributed by atoms with E-state index in [9.17, 15) is 22.8 Å². The van der Waals surface area contributed by atoms with E-state index < -0.39 is 33.5 Å². The van der Waals surface area contributed by atoms with Crippen molar-refractivity contribution in [3.8, 4) is 0 Å². The van der Waals surface area contributed by atoms with Crippen molar-refractivity contribution >= 4 is 44.4 Å². The van der Waals surface area contributed by atoms with Crippen LogP contribution in [0.3, 0.4) is 0 Å². The highest BCUT2D eigenvalue weighted by molar-refractivity contribution is 7.87. The van der Waals surface area contributed by atoms with Crippen molar-refractivity contribution in [2.45, 2.75) is 51.4 Å². The lowest BCUT2D eigenvalue weighted by Gasteiger charge is -2.41. The third kappa shape index (κ3) is 6.33. The molecular formula is C36H45FN6O8S. The first-order valence-electron chi connectivity index (χ1n) is 17.5. The summed E-state index contributed by atoms with van der Waals surface area (Å²) in [5.41, 5.74) is 3.60. The van der Waals surface area contributed by atoms with Crippen molar-refractivity contribution in [2.24, 2.45) is 0 Å². The molecule has 0 unspecified atom stereocenters. The maximum Gasteiger partial charge on any atom is 0.341 e. The number of methoxy groups -OCH3 is 1. The van der Waals surface area contributed by atoms with Gasteiger partial charge < -0.3 is 28.6 Å². The predicted molar refractivity (Wildman–Crippen MR) is 193 cm³/mol. The number of aryl methyl sites for hydroxylation is 2. The van der Waals surface area contributed by atoms with Crippen molar-refractivity contribution in [1.29, 1.82) is 0 Å². The Morgan fingerprint density at radius 1 is 1.08 bits per heavy atom. The lowest BCUT2D eigenvalue weighted by atomic mass is 9.92. The highest BCUT2D eigenvalue weighted by atomic mass is 32.2. The number of hydrogen-bond acceptors (Lipinski definition) is 11. The Morgan fingerprint density at radius 2 is 1.85 bits per heavy atom. The molecular weight excluding hydrogens is 695 g/mol. The molecule has 0 radical (unpaired) electrons. The number of fused-ring (bicyclic) bond motifs is 5. The van der Waals surface area contributed by atoms with Gasteiger partial charge in [-0.3, -0.25) is 14.5 Å². The zero-order valence-corrected chi connectivity index (χ0v) is 31.1. The topological polar surface area (TPSA) is 145 Å². The van der Waals surface area contributed by atoms with Gasteiger partial charge in [-0.2, -0.15) is 12.7 Å². The first-order valence-corrected chi connectivity index (χ1v) is 18.9. The van der Waals surface area contributed by atoms with Gasteiger partial charge in [0.2, 0.25) is 0 Å². The normalized spacial score (nSPS) is 22.2. The summed E-state index contributed by atoms with van der Waals surface area (Å²) in [6.07, 6.45) is 0.693. The number of nitrogens with one attached hydrogen (secondary N) is 1. The van der Waals surface area contributed by atoms with Gasteiger partial charge in [0.1, 0.15) is 11.4 Å². The fourth-order valence-electron chi connectivity index (χ4n) is 8.13. The molecule has 3 fully saturated rings. The predicted octanol–water partition coefficient (Wildman–Crippen LogP) is 2.03. The fraction of sp³-hybridized carbons (Fsp3) is 0.528. The van der Waals surface area contributed by atoms with Crippen LogP contribution in [-0.2, 0) is 32.6 Å². The molecule has 1 N–H and O–H groups in total. The minimum Gasteiger partial charge on any atom is -0.422 e. The molecule has 52 heavy (non-hydrogen) atoms.